The first-order valence-corrected chi connectivity index (χ1v) is 13.4. The van der Waals surface area contributed by atoms with Crippen LogP contribution in [0.1, 0.15) is 60.8 Å². The van der Waals surface area contributed by atoms with Crippen LogP contribution in [0.5, 0.6) is 0 Å². The molecule has 0 N–H and O–H groups in total. The van der Waals surface area contributed by atoms with E-state index in [4.69, 9.17) is 0 Å². The van der Waals surface area contributed by atoms with Crippen LogP contribution in [0.25, 0.3) is 22.3 Å². The van der Waals surface area contributed by atoms with Gasteiger partial charge in [-0.2, -0.15) is 0 Å². The Kier molecular flexibility index (Phi) is 5.76. The van der Waals surface area contributed by atoms with Gasteiger partial charge in [0, 0.05) is 10.8 Å². The van der Waals surface area contributed by atoms with Gasteiger partial charge in [-0.25, -0.2) is 0 Å². The highest BCUT2D eigenvalue weighted by molar-refractivity contribution is 5.82. The fourth-order valence-electron chi connectivity index (χ4n) is 7.36. The van der Waals surface area contributed by atoms with E-state index in [0.717, 1.165) is 25.7 Å². The molecule has 0 aliphatic heterocycles. The van der Waals surface area contributed by atoms with Crippen molar-refractivity contribution >= 4 is 0 Å². The van der Waals surface area contributed by atoms with Gasteiger partial charge in [-0.3, -0.25) is 0 Å². The first-order valence-electron chi connectivity index (χ1n) is 13.4. The molecule has 0 radical (unpaired) electrons. The molecular formula is C36H34. The first-order chi connectivity index (χ1) is 17.7. The van der Waals surface area contributed by atoms with Crippen molar-refractivity contribution in [2.45, 2.75) is 49.4 Å². The average Bonchev–Trinajstić information content (AvgIpc) is 3.36. The molecule has 0 unspecified atom stereocenters. The van der Waals surface area contributed by atoms with Gasteiger partial charge < -0.3 is 0 Å². The minimum atomic E-state index is 0.0199. The zero-order chi connectivity index (χ0) is 24.6. The van der Waals surface area contributed by atoms with Crippen LogP contribution >= 0.6 is 0 Å². The SMILES string of the molecule is C=CCC1(CCCCC2(CC=C)c3ccccc3-c3ccccc32)c2ccccc2-c2ccccc21. The molecule has 0 saturated carbocycles. The van der Waals surface area contributed by atoms with Crippen LogP contribution in [-0.2, 0) is 10.8 Å². The van der Waals surface area contributed by atoms with E-state index in [2.05, 4.69) is 122 Å². The van der Waals surface area contributed by atoms with E-state index in [1.165, 1.54) is 57.3 Å². The summed E-state index contributed by atoms with van der Waals surface area (Å²) >= 11 is 0. The fraction of sp³-hybridized carbons (Fsp3) is 0.222. The van der Waals surface area contributed by atoms with Gasteiger partial charge in [-0.15, -0.1) is 13.2 Å². The van der Waals surface area contributed by atoms with Crippen molar-refractivity contribution in [2.75, 3.05) is 0 Å². The molecule has 0 saturated heterocycles. The van der Waals surface area contributed by atoms with Gasteiger partial charge in [0.2, 0.25) is 0 Å². The van der Waals surface area contributed by atoms with E-state index < -0.39 is 0 Å². The number of fused-ring (bicyclic) bond motifs is 6. The third-order valence-corrected chi connectivity index (χ3v) is 8.79. The summed E-state index contributed by atoms with van der Waals surface area (Å²) in [6, 6.07) is 36.1. The van der Waals surface area contributed by atoms with Crippen LogP contribution < -0.4 is 0 Å². The lowest BCUT2D eigenvalue weighted by Gasteiger charge is -2.34. The van der Waals surface area contributed by atoms with Crippen molar-refractivity contribution in [2.24, 2.45) is 0 Å². The van der Waals surface area contributed by atoms with Crippen LogP contribution in [0.3, 0.4) is 0 Å². The van der Waals surface area contributed by atoms with E-state index in [1.807, 2.05) is 0 Å². The van der Waals surface area contributed by atoms with Gasteiger partial charge in [0.25, 0.3) is 0 Å². The first kappa shape index (κ1) is 22.8. The highest BCUT2D eigenvalue weighted by Gasteiger charge is 2.43. The van der Waals surface area contributed by atoms with Crippen LogP contribution in [0.15, 0.2) is 122 Å². The lowest BCUT2D eigenvalue weighted by atomic mass is 9.69. The highest BCUT2D eigenvalue weighted by atomic mass is 14.5. The number of unbranched alkanes of at least 4 members (excludes halogenated alkanes) is 1. The summed E-state index contributed by atoms with van der Waals surface area (Å²) in [5.74, 6) is 0. The molecule has 2 aliphatic carbocycles. The molecule has 0 amide bonds. The lowest BCUT2D eigenvalue weighted by Crippen LogP contribution is -2.26. The monoisotopic (exact) mass is 466 g/mol. The summed E-state index contributed by atoms with van der Waals surface area (Å²) in [7, 11) is 0. The normalized spacial score (nSPS) is 15.4. The molecule has 0 heteroatoms. The van der Waals surface area contributed by atoms with Crippen molar-refractivity contribution in [1.82, 2.24) is 0 Å². The van der Waals surface area contributed by atoms with Gasteiger partial charge >= 0.3 is 0 Å². The summed E-state index contributed by atoms with van der Waals surface area (Å²) in [6.45, 7) is 8.36. The van der Waals surface area contributed by atoms with Crippen LogP contribution in [0, 0.1) is 0 Å². The number of benzene rings is 4. The Morgan fingerprint density at radius 3 is 1.00 bits per heavy atom. The van der Waals surface area contributed by atoms with Gasteiger partial charge in [-0.05, 0) is 70.2 Å². The third kappa shape index (κ3) is 3.28. The maximum absolute atomic E-state index is 4.18. The molecule has 6 rings (SSSR count). The van der Waals surface area contributed by atoms with E-state index in [0.29, 0.717) is 0 Å². The van der Waals surface area contributed by atoms with E-state index in [1.54, 1.807) is 0 Å². The second-order valence-electron chi connectivity index (χ2n) is 10.5. The number of hydrogen-bond acceptors (Lipinski definition) is 0. The van der Waals surface area contributed by atoms with Crippen LogP contribution in [-0.4, -0.2) is 0 Å². The van der Waals surface area contributed by atoms with Gasteiger partial charge in [0.15, 0.2) is 0 Å². The van der Waals surface area contributed by atoms with Gasteiger partial charge in [0.1, 0.15) is 0 Å². The molecule has 0 bridgehead atoms. The summed E-state index contributed by atoms with van der Waals surface area (Å²) < 4.78 is 0. The van der Waals surface area contributed by atoms with E-state index in [-0.39, 0.29) is 10.8 Å². The molecule has 2 aliphatic rings. The standard InChI is InChI=1S/C36H34/c1-3-23-35(31-19-9-5-15-27(31)28-16-6-10-20-32(28)35)25-13-14-26-36(24-4-2)33-21-11-7-17-29(33)30-18-8-12-22-34(30)36/h3-12,15-22H,1-2,13-14,23-26H2. The quantitative estimate of drug-likeness (QED) is 0.170. The predicted octanol–water partition coefficient (Wildman–Crippen LogP) is 9.63. The van der Waals surface area contributed by atoms with Crippen molar-refractivity contribution in [1.29, 1.82) is 0 Å². The van der Waals surface area contributed by atoms with Crippen molar-refractivity contribution in [3.8, 4) is 22.3 Å². The molecule has 0 fully saturated rings. The molecule has 4 aromatic carbocycles. The maximum Gasteiger partial charge on any atom is 0.0249 e. The Balaban J connectivity index is 1.32. The second-order valence-corrected chi connectivity index (χ2v) is 10.5. The molecule has 0 spiro atoms. The highest BCUT2D eigenvalue weighted by Crippen LogP contribution is 2.55. The predicted molar refractivity (Wildman–Crippen MR) is 153 cm³/mol. The van der Waals surface area contributed by atoms with E-state index in [9.17, 15) is 0 Å². The minimum Gasteiger partial charge on any atom is -0.103 e. The van der Waals surface area contributed by atoms with Gasteiger partial charge in [-0.1, -0.05) is 122 Å². The Morgan fingerprint density at radius 2 is 0.722 bits per heavy atom. The third-order valence-electron chi connectivity index (χ3n) is 8.79. The van der Waals surface area contributed by atoms with Crippen LogP contribution in [0.2, 0.25) is 0 Å². The smallest absolute Gasteiger partial charge is 0.0249 e. The van der Waals surface area contributed by atoms with Crippen LogP contribution in [0.4, 0.5) is 0 Å². The summed E-state index contributed by atoms with van der Waals surface area (Å²) in [5.41, 5.74) is 11.5. The molecular weight excluding hydrogens is 432 g/mol. The molecule has 178 valence electrons. The van der Waals surface area contributed by atoms with Crippen molar-refractivity contribution in [3.05, 3.63) is 145 Å². The Hall–Kier alpha value is -3.64. The second kappa shape index (κ2) is 9.10. The largest absolute Gasteiger partial charge is 0.103 e. The zero-order valence-electron chi connectivity index (χ0n) is 21.0. The lowest BCUT2D eigenvalue weighted by molar-refractivity contribution is 0.413. The molecule has 4 aromatic rings. The van der Waals surface area contributed by atoms with Crippen molar-refractivity contribution < 1.29 is 0 Å². The number of allylic oxidation sites excluding steroid dienone is 2. The molecule has 0 atom stereocenters. The molecule has 0 nitrogen and oxygen atoms in total. The fourth-order valence-corrected chi connectivity index (χ4v) is 7.36. The van der Waals surface area contributed by atoms with E-state index >= 15 is 0 Å². The maximum atomic E-state index is 4.18. The summed E-state index contributed by atoms with van der Waals surface area (Å²) in [5, 5.41) is 0. The van der Waals surface area contributed by atoms with Crippen molar-refractivity contribution in [3.63, 3.8) is 0 Å². The topological polar surface area (TPSA) is 0 Å². The summed E-state index contributed by atoms with van der Waals surface area (Å²) in [4.78, 5) is 0. The Morgan fingerprint density at radius 1 is 0.444 bits per heavy atom. The molecule has 36 heavy (non-hydrogen) atoms. The number of rotatable bonds is 9. The summed E-state index contributed by atoms with van der Waals surface area (Å²) in [6.07, 6.45) is 10.8. The number of hydrogen-bond donors (Lipinski definition) is 0. The molecule has 0 heterocycles. The van der Waals surface area contributed by atoms with Gasteiger partial charge in [0.05, 0.1) is 0 Å². The zero-order valence-corrected chi connectivity index (χ0v) is 21.0. The Labute approximate surface area is 216 Å². The minimum absolute atomic E-state index is 0.0199. The average molecular weight is 467 g/mol. The Bertz CT molecular complexity index is 1230. The molecule has 0 aromatic heterocycles.